The van der Waals surface area contributed by atoms with E-state index in [0.717, 1.165) is 0 Å². The zero-order chi connectivity index (χ0) is 22.3. The van der Waals surface area contributed by atoms with Crippen LogP contribution in [0.15, 0.2) is 46.4 Å². The number of ether oxygens (including phenoxy) is 2. The average Bonchev–Trinajstić information content (AvgIpc) is 2.70. The van der Waals surface area contributed by atoms with Crippen LogP contribution in [0, 0.1) is 11.3 Å². The number of aromatic carboxylic acids is 1. The van der Waals surface area contributed by atoms with E-state index in [4.69, 9.17) is 25.6 Å². The number of nitrogens with one attached hydrogen (secondary N) is 1. The topological polar surface area (TPSA) is 152 Å². The van der Waals surface area contributed by atoms with Crippen molar-refractivity contribution in [3.63, 3.8) is 0 Å². The lowest BCUT2D eigenvalue weighted by atomic mass is 10.1. The molecule has 0 saturated heterocycles. The van der Waals surface area contributed by atoms with Crippen LogP contribution in [0.1, 0.15) is 21.5 Å². The molecule has 2 rings (SSSR count). The quantitative estimate of drug-likeness (QED) is 0.412. The first-order chi connectivity index (χ1) is 14.2. The Kier molecular flexibility index (Phi) is 7.55. The number of carboxylic acids is 1. The third-order valence-corrected chi connectivity index (χ3v) is 4.31. The molecule has 0 spiro atoms. The lowest BCUT2D eigenvalue weighted by molar-refractivity contribution is -0.115. The van der Waals surface area contributed by atoms with E-state index in [1.807, 2.05) is 5.32 Å². The monoisotopic (exact) mass is 473 g/mol. The first kappa shape index (κ1) is 22.4. The lowest BCUT2D eigenvalue weighted by Gasteiger charge is -2.14. The number of imide groups is 1. The van der Waals surface area contributed by atoms with Crippen molar-refractivity contribution in [2.45, 2.75) is 6.61 Å². The van der Waals surface area contributed by atoms with Gasteiger partial charge in [0.25, 0.3) is 5.91 Å². The van der Waals surface area contributed by atoms with E-state index in [9.17, 15) is 14.4 Å². The molecule has 4 N–H and O–H groups in total. The molecule has 10 heteroatoms. The van der Waals surface area contributed by atoms with E-state index in [2.05, 4.69) is 15.9 Å². The standard InChI is InChI=1S/C20H16BrN3O6/c1-29-16-8-12(6-14(9-22)18(25)24-20(23)28)7-15(21)17(16)30-10-11-3-2-4-13(5-11)19(26)27/h2-8H,10H2,1H3,(H,26,27)(H3,23,24,25,28)/b14-6-. The van der Waals surface area contributed by atoms with Gasteiger partial charge >= 0.3 is 12.0 Å². The number of urea groups is 1. The molecule has 0 heterocycles. The van der Waals surface area contributed by atoms with Gasteiger partial charge in [0.05, 0.1) is 17.1 Å². The van der Waals surface area contributed by atoms with Gasteiger partial charge in [0.2, 0.25) is 0 Å². The largest absolute Gasteiger partial charge is 0.493 e. The molecular formula is C20H16BrN3O6. The summed E-state index contributed by atoms with van der Waals surface area (Å²) < 4.78 is 11.6. The van der Waals surface area contributed by atoms with Gasteiger partial charge in [-0.15, -0.1) is 0 Å². The van der Waals surface area contributed by atoms with E-state index in [0.29, 0.717) is 27.1 Å². The Balaban J connectivity index is 2.29. The highest BCUT2D eigenvalue weighted by molar-refractivity contribution is 9.10. The molecule has 0 aliphatic heterocycles. The van der Waals surface area contributed by atoms with Gasteiger partial charge < -0.3 is 20.3 Å². The zero-order valence-corrected chi connectivity index (χ0v) is 17.2. The maximum absolute atomic E-state index is 11.8. The Morgan fingerprint density at radius 2 is 2.03 bits per heavy atom. The van der Waals surface area contributed by atoms with Crippen LogP contribution in [0.5, 0.6) is 11.5 Å². The molecule has 2 aromatic carbocycles. The third kappa shape index (κ3) is 5.83. The average molecular weight is 474 g/mol. The number of methoxy groups -OCH3 is 1. The second-order valence-electron chi connectivity index (χ2n) is 5.82. The Morgan fingerprint density at radius 1 is 1.30 bits per heavy atom. The number of nitriles is 1. The number of hydrogen-bond donors (Lipinski definition) is 3. The number of carboxylic acid groups (broad SMARTS) is 1. The molecule has 0 aromatic heterocycles. The minimum Gasteiger partial charge on any atom is -0.493 e. The second kappa shape index (κ2) is 10.1. The first-order valence-electron chi connectivity index (χ1n) is 8.30. The van der Waals surface area contributed by atoms with Gasteiger partial charge in [0.15, 0.2) is 11.5 Å². The van der Waals surface area contributed by atoms with E-state index >= 15 is 0 Å². The van der Waals surface area contributed by atoms with Gasteiger partial charge in [-0.2, -0.15) is 5.26 Å². The molecule has 0 atom stereocenters. The fraction of sp³-hybridized carbons (Fsp3) is 0.100. The highest BCUT2D eigenvalue weighted by Gasteiger charge is 2.15. The minimum absolute atomic E-state index is 0.0791. The molecule has 154 valence electrons. The summed E-state index contributed by atoms with van der Waals surface area (Å²) in [6.07, 6.45) is 1.26. The van der Waals surface area contributed by atoms with Crippen molar-refractivity contribution in [1.82, 2.24) is 5.32 Å². The van der Waals surface area contributed by atoms with Crippen molar-refractivity contribution in [3.8, 4) is 17.6 Å². The van der Waals surface area contributed by atoms with Crippen LogP contribution in [0.4, 0.5) is 4.79 Å². The zero-order valence-electron chi connectivity index (χ0n) is 15.6. The van der Waals surface area contributed by atoms with E-state index in [1.54, 1.807) is 24.3 Å². The number of primary amides is 1. The van der Waals surface area contributed by atoms with Crippen molar-refractivity contribution in [2.75, 3.05) is 7.11 Å². The van der Waals surface area contributed by atoms with Crippen LogP contribution in [-0.4, -0.2) is 30.1 Å². The van der Waals surface area contributed by atoms with E-state index in [-0.39, 0.29) is 17.7 Å². The van der Waals surface area contributed by atoms with Gasteiger partial charge in [0.1, 0.15) is 18.2 Å². The molecule has 0 bridgehead atoms. The van der Waals surface area contributed by atoms with Crippen molar-refractivity contribution in [3.05, 3.63) is 63.1 Å². The maximum atomic E-state index is 11.8. The molecular weight excluding hydrogens is 458 g/mol. The number of benzene rings is 2. The van der Waals surface area contributed by atoms with Crippen LogP contribution < -0.4 is 20.5 Å². The van der Waals surface area contributed by atoms with E-state index in [1.165, 1.54) is 31.4 Å². The van der Waals surface area contributed by atoms with Gasteiger partial charge in [0, 0.05) is 0 Å². The number of halogens is 1. The van der Waals surface area contributed by atoms with Crippen molar-refractivity contribution in [1.29, 1.82) is 5.26 Å². The number of rotatable bonds is 7. The summed E-state index contributed by atoms with van der Waals surface area (Å²) in [4.78, 5) is 33.7. The Bertz CT molecular complexity index is 1070. The predicted octanol–water partition coefficient (Wildman–Crippen LogP) is 2.84. The van der Waals surface area contributed by atoms with Crippen LogP contribution in [0.2, 0.25) is 0 Å². The van der Waals surface area contributed by atoms with Crippen LogP contribution in [0.25, 0.3) is 6.08 Å². The molecule has 0 saturated carbocycles. The maximum Gasteiger partial charge on any atom is 0.335 e. The molecule has 0 radical (unpaired) electrons. The number of hydrogen-bond acceptors (Lipinski definition) is 6. The summed E-state index contributed by atoms with van der Waals surface area (Å²) in [6, 6.07) is 10.0. The summed E-state index contributed by atoms with van der Waals surface area (Å²) >= 11 is 3.35. The predicted molar refractivity (Wildman–Crippen MR) is 110 cm³/mol. The van der Waals surface area contributed by atoms with Gasteiger partial charge in [-0.25, -0.2) is 9.59 Å². The normalized spacial score (nSPS) is 10.6. The highest BCUT2D eigenvalue weighted by atomic mass is 79.9. The lowest BCUT2D eigenvalue weighted by Crippen LogP contribution is -2.35. The molecule has 0 aliphatic rings. The summed E-state index contributed by atoms with van der Waals surface area (Å²) in [5.74, 6) is -1.33. The number of carbonyl (C=O) groups excluding carboxylic acids is 2. The number of nitrogens with two attached hydrogens (primary N) is 1. The summed E-state index contributed by atoms with van der Waals surface area (Å²) in [5, 5.41) is 20.1. The van der Waals surface area contributed by atoms with Gasteiger partial charge in [-0.05, 0) is 57.4 Å². The summed E-state index contributed by atoms with van der Waals surface area (Å²) in [6.45, 7) is 0.0791. The van der Waals surface area contributed by atoms with E-state index < -0.39 is 17.9 Å². The SMILES string of the molecule is COc1cc(/C=C(/C#N)C(=O)NC(N)=O)cc(Br)c1OCc1cccc(C(=O)O)c1. The van der Waals surface area contributed by atoms with Crippen molar-refractivity contribution >= 4 is 39.9 Å². The Labute approximate surface area is 179 Å². The number of amides is 3. The summed E-state index contributed by atoms with van der Waals surface area (Å²) in [5.41, 5.74) is 5.77. The molecule has 0 aliphatic carbocycles. The smallest absolute Gasteiger partial charge is 0.335 e. The second-order valence-corrected chi connectivity index (χ2v) is 6.67. The Morgan fingerprint density at radius 3 is 2.63 bits per heavy atom. The highest BCUT2D eigenvalue weighted by Crippen LogP contribution is 2.37. The summed E-state index contributed by atoms with van der Waals surface area (Å²) in [7, 11) is 1.41. The molecule has 3 amide bonds. The molecule has 0 unspecified atom stereocenters. The van der Waals surface area contributed by atoms with Crippen LogP contribution in [0.3, 0.4) is 0 Å². The fourth-order valence-corrected chi connectivity index (χ4v) is 2.98. The molecule has 9 nitrogen and oxygen atoms in total. The Hall–Kier alpha value is -3.84. The third-order valence-electron chi connectivity index (χ3n) is 3.72. The van der Waals surface area contributed by atoms with Gasteiger partial charge in [-0.1, -0.05) is 12.1 Å². The first-order valence-corrected chi connectivity index (χ1v) is 9.09. The number of carbonyl (C=O) groups is 3. The van der Waals surface area contributed by atoms with Crippen LogP contribution >= 0.6 is 15.9 Å². The number of nitrogens with zero attached hydrogens (tertiary/aromatic N) is 1. The molecule has 0 fully saturated rings. The van der Waals surface area contributed by atoms with Gasteiger partial charge in [-0.3, -0.25) is 10.1 Å². The molecule has 30 heavy (non-hydrogen) atoms. The van der Waals surface area contributed by atoms with Crippen molar-refractivity contribution < 1.29 is 29.0 Å². The molecule has 2 aromatic rings. The van der Waals surface area contributed by atoms with Crippen LogP contribution in [-0.2, 0) is 11.4 Å². The minimum atomic E-state index is -1.07. The van der Waals surface area contributed by atoms with Crippen molar-refractivity contribution in [2.24, 2.45) is 5.73 Å². The fourth-order valence-electron chi connectivity index (χ4n) is 2.41.